The summed E-state index contributed by atoms with van der Waals surface area (Å²) in [6.45, 7) is 6.42. The Balaban J connectivity index is 1.61. The van der Waals surface area contributed by atoms with Crippen LogP contribution in [0.3, 0.4) is 0 Å². The van der Waals surface area contributed by atoms with Gasteiger partial charge in [-0.2, -0.15) is 0 Å². The largest absolute Gasteiger partial charge is 0.478 e. The molecule has 1 amide bonds. The van der Waals surface area contributed by atoms with Crippen LogP contribution in [0.25, 0.3) is 0 Å². The number of nitrogens with zero attached hydrogens (tertiary/aromatic N) is 2. The molecule has 0 radical (unpaired) electrons. The number of rotatable bonds is 5. The maximum Gasteiger partial charge on any atom is 0.335 e. The molecule has 1 saturated heterocycles. The van der Waals surface area contributed by atoms with Crippen LogP contribution in [-0.2, 0) is 17.8 Å². The number of hydrogen-bond acceptors (Lipinski definition) is 3. The zero-order valence-corrected chi connectivity index (χ0v) is 17.7. The number of carboxylic acids is 1. The van der Waals surface area contributed by atoms with Gasteiger partial charge in [0.25, 0.3) is 0 Å². The Morgan fingerprint density at radius 1 is 1.04 bits per heavy atom. The Hall–Kier alpha value is -2.18. The summed E-state index contributed by atoms with van der Waals surface area (Å²) in [5.41, 5.74) is 2.39. The van der Waals surface area contributed by atoms with Crippen molar-refractivity contribution in [2.75, 3.05) is 13.1 Å². The number of carboxylic acid groups (broad SMARTS) is 1. The third-order valence-corrected chi connectivity index (χ3v) is 5.76. The molecule has 0 spiro atoms. The lowest BCUT2D eigenvalue weighted by Gasteiger charge is -2.44. The Morgan fingerprint density at radius 2 is 1.68 bits per heavy atom. The molecule has 1 aliphatic rings. The predicted octanol–water partition coefficient (Wildman–Crippen LogP) is 3.81. The van der Waals surface area contributed by atoms with Gasteiger partial charge in [0.15, 0.2) is 0 Å². The summed E-state index contributed by atoms with van der Waals surface area (Å²) in [5.74, 6) is -0.756. The maximum absolute atomic E-state index is 12.8. The van der Waals surface area contributed by atoms with E-state index in [9.17, 15) is 9.59 Å². The van der Waals surface area contributed by atoms with Gasteiger partial charge in [-0.25, -0.2) is 4.79 Å². The van der Waals surface area contributed by atoms with E-state index >= 15 is 0 Å². The lowest BCUT2D eigenvalue weighted by atomic mass is 10.0. The van der Waals surface area contributed by atoms with Crippen molar-refractivity contribution in [3.8, 4) is 0 Å². The van der Waals surface area contributed by atoms with E-state index in [0.717, 1.165) is 22.1 Å². The van der Waals surface area contributed by atoms with Gasteiger partial charge in [-0.1, -0.05) is 40.2 Å². The van der Waals surface area contributed by atoms with E-state index in [1.54, 1.807) is 12.1 Å². The first-order chi connectivity index (χ1) is 13.3. The highest BCUT2D eigenvalue weighted by molar-refractivity contribution is 9.10. The van der Waals surface area contributed by atoms with Crippen molar-refractivity contribution in [2.45, 2.75) is 38.9 Å². The molecule has 28 heavy (non-hydrogen) atoms. The molecule has 0 aliphatic carbocycles. The number of carbonyl (C=O) groups excluding carboxylic acids is 1. The molecular weight excluding hydrogens is 420 g/mol. The minimum absolute atomic E-state index is 0.155. The number of piperazine rings is 1. The van der Waals surface area contributed by atoms with E-state index in [2.05, 4.69) is 34.7 Å². The van der Waals surface area contributed by atoms with Crippen molar-refractivity contribution in [3.05, 3.63) is 69.7 Å². The van der Waals surface area contributed by atoms with Gasteiger partial charge < -0.3 is 10.0 Å². The normalized spacial score (nSPS) is 20.2. The second kappa shape index (κ2) is 8.88. The molecular formula is C22H25BrN2O3. The Kier molecular flexibility index (Phi) is 6.52. The van der Waals surface area contributed by atoms with Crippen LogP contribution < -0.4 is 0 Å². The monoisotopic (exact) mass is 444 g/mol. The number of aromatic carboxylic acids is 1. The van der Waals surface area contributed by atoms with Gasteiger partial charge in [0.1, 0.15) is 0 Å². The third-order valence-electron chi connectivity index (χ3n) is 5.26. The summed E-state index contributed by atoms with van der Waals surface area (Å²) in [6, 6.07) is 15.4. The fourth-order valence-electron chi connectivity index (χ4n) is 3.77. The van der Waals surface area contributed by atoms with Gasteiger partial charge in [0.05, 0.1) is 12.0 Å². The smallest absolute Gasteiger partial charge is 0.335 e. The van der Waals surface area contributed by atoms with Gasteiger partial charge >= 0.3 is 5.97 Å². The van der Waals surface area contributed by atoms with Crippen LogP contribution in [0.4, 0.5) is 0 Å². The molecule has 1 fully saturated rings. The third kappa shape index (κ3) is 5.00. The van der Waals surface area contributed by atoms with Crippen LogP contribution in [-0.4, -0.2) is 52.0 Å². The van der Waals surface area contributed by atoms with Crippen LogP contribution in [0.2, 0.25) is 0 Å². The minimum Gasteiger partial charge on any atom is -0.478 e. The summed E-state index contributed by atoms with van der Waals surface area (Å²) in [5, 5.41) is 9.03. The predicted molar refractivity (Wildman–Crippen MR) is 112 cm³/mol. The Bertz CT molecular complexity index is 841. The number of carbonyl (C=O) groups is 2. The lowest BCUT2D eigenvalue weighted by Crippen LogP contribution is -2.57. The minimum atomic E-state index is -0.911. The molecule has 0 saturated carbocycles. The van der Waals surface area contributed by atoms with Gasteiger partial charge in [-0.3, -0.25) is 9.69 Å². The van der Waals surface area contributed by atoms with Crippen LogP contribution >= 0.6 is 15.9 Å². The number of halogens is 1. The number of benzene rings is 2. The molecule has 0 unspecified atom stereocenters. The second-order valence-electron chi connectivity index (χ2n) is 7.48. The van der Waals surface area contributed by atoms with Crippen LogP contribution in [0, 0.1) is 0 Å². The summed E-state index contributed by atoms with van der Waals surface area (Å²) in [7, 11) is 0. The van der Waals surface area contributed by atoms with E-state index in [1.807, 2.05) is 41.3 Å². The van der Waals surface area contributed by atoms with Crippen LogP contribution in [0.5, 0.6) is 0 Å². The molecule has 0 bridgehead atoms. The quantitative estimate of drug-likeness (QED) is 0.761. The topological polar surface area (TPSA) is 60.9 Å². The lowest BCUT2D eigenvalue weighted by molar-refractivity contribution is -0.135. The van der Waals surface area contributed by atoms with E-state index < -0.39 is 5.97 Å². The zero-order chi connectivity index (χ0) is 20.3. The van der Waals surface area contributed by atoms with E-state index in [1.165, 1.54) is 0 Å². The second-order valence-corrected chi connectivity index (χ2v) is 8.39. The molecule has 148 valence electrons. The van der Waals surface area contributed by atoms with Crippen molar-refractivity contribution < 1.29 is 14.7 Å². The number of hydrogen-bond donors (Lipinski definition) is 1. The molecule has 1 N–H and O–H groups in total. The standard InChI is InChI=1S/C22H25BrN2O3/c1-15-12-24(21(26)11-18-4-3-5-20(23)10-18)13-16(2)25(15)14-17-6-8-19(9-7-17)22(27)28/h3-10,15-16H,11-14H2,1-2H3,(H,27,28)/t15-,16+. The molecule has 0 aromatic heterocycles. The Labute approximate surface area is 174 Å². The number of amides is 1. The van der Waals surface area contributed by atoms with Crippen molar-refractivity contribution >= 4 is 27.8 Å². The van der Waals surface area contributed by atoms with Gasteiger partial charge in [-0.05, 0) is 49.2 Å². The highest BCUT2D eigenvalue weighted by Crippen LogP contribution is 2.21. The van der Waals surface area contributed by atoms with E-state index in [-0.39, 0.29) is 18.0 Å². The molecule has 2 aromatic rings. The SMILES string of the molecule is C[C@@H]1CN(C(=O)Cc2cccc(Br)c2)C[C@H](C)N1Cc1ccc(C(=O)O)cc1. The van der Waals surface area contributed by atoms with Gasteiger partial charge in [0.2, 0.25) is 5.91 Å². The fraction of sp³-hybridized carbons (Fsp3) is 0.364. The molecule has 3 rings (SSSR count). The van der Waals surface area contributed by atoms with Gasteiger partial charge in [-0.15, -0.1) is 0 Å². The summed E-state index contributed by atoms with van der Waals surface area (Å²) in [6.07, 6.45) is 0.412. The van der Waals surface area contributed by atoms with Crippen molar-refractivity contribution in [1.82, 2.24) is 9.80 Å². The fourth-order valence-corrected chi connectivity index (χ4v) is 4.22. The zero-order valence-electron chi connectivity index (χ0n) is 16.1. The first-order valence-electron chi connectivity index (χ1n) is 9.43. The summed E-state index contributed by atoms with van der Waals surface area (Å²) < 4.78 is 0.985. The first-order valence-corrected chi connectivity index (χ1v) is 10.2. The first kappa shape index (κ1) is 20.6. The highest BCUT2D eigenvalue weighted by Gasteiger charge is 2.31. The van der Waals surface area contributed by atoms with Gasteiger partial charge in [0, 0.05) is 36.2 Å². The van der Waals surface area contributed by atoms with E-state index in [4.69, 9.17) is 5.11 Å². The molecule has 2 atom stereocenters. The Morgan fingerprint density at radius 3 is 2.25 bits per heavy atom. The maximum atomic E-state index is 12.8. The molecule has 1 heterocycles. The van der Waals surface area contributed by atoms with E-state index in [0.29, 0.717) is 25.1 Å². The summed E-state index contributed by atoms with van der Waals surface area (Å²) in [4.78, 5) is 28.1. The molecule has 6 heteroatoms. The van der Waals surface area contributed by atoms with Crippen molar-refractivity contribution in [2.24, 2.45) is 0 Å². The average Bonchev–Trinajstić information content (AvgIpc) is 2.65. The van der Waals surface area contributed by atoms with Crippen molar-refractivity contribution in [1.29, 1.82) is 0 Å². The average molecular weight is 445 g/mol. The summed E-state index contributed by atoms with van der Waals surface area (Å²) >= 11 is 3.45. The van der Waals surface area contributed by atoms with Crippen LogP contribution in [0.1, 0.15) is 35.3 Å². The molecule has 5 nitrogen and oxygen atoms in total. The van der Waals surface area contributed by atoms with Crippen molar-refractivity contribution in [3.63, 3.8) is 0 Å². The van der Waals surface area contributed by atoms with Crippen LogP contribution in [0.15, 0.2) is 53.0 Å². The molecule has 2 aromatic carbocycles. The highest BCUT2D eigenvalue weighted by atomic mass is 79.9. The molecule has 1 aliphatic heterocycles.